The first kappa shape index (κ1) is 21.5. The van der Waals surface area contributed by atoms with Crippen molar-refractivity contribution in [1.82, 2.24) is 0 Å². The molecule has 1 aliphatic rings. The zero-order valence-corrected chi connectivity index (χ0v) is 15.3. The lowest BCUT2D eigenvalue weighted by molar-refractivity contribution is -0.148. The third kappa shape index (κ3) is 4.53. The van der Waals surface area contributed by atoms with Crippen LogP contribution in [0.3, 0.4) is 0 Å². The zero-order chi connectivity index (χ0) is 21.2. The highest BCUT2D eigenvalue weighted by atomic mass is 19.1. The Kier molecular flexibility index (Phi) is 6.50. The Morgan fingerprint density at radius 1 is 1.07 bits per heavy atom. The molecule has 0 aromatic heterocycles. The zero-order valence-electron chi connectivity index (χ0n) is 15.3. The van der Waals surface area contributed by atoms with Gasteiger partial charge in [0.15, 0.2) is 0 Å². The summed E-state index contributed by atoms with van der Waals surface area (Å²) < 4.78 is 19.6. The number of phenolic OH excluding ortho intramolecular Hbond substituents is 2. The molecular weight excluding hydrogens is 375 g/mol. The SMILES string of the molecule is C[C@@H]1OC(=O)c2c(O)cc(O)cc2CCC(=O)C(=O)C(=O)C(O)CC(F)[C@@H]1C. The molecule has 4 atom stereocenters. The van der Waals surface area contributed by atoms with Crippen LogP contribution in [0.2, 0.25) is 0 Å². The molecule has 1 aliphatic heterocycles. The van der Waals surface area contributed by atoms with Gasteiger partial charge in [-0.25, -0.2) is 9.18 Å². The molecule has 0 amide bonds. The Balaban J connectivity index is 2.47. The summed E-state index contributed by atoms with van der Waals surface area (Å²) in [5.41, 5.74) is -0.304. The molecule has 8 nitrogen and oxygen atoms in total. The molecule has 1 heterocycles. The predicted molar refractivity (Wildman–Crippen MR) is 92.7 cm³/mol. The van der Waals surface area contributed by atoms with Crippen molar-refractivity contribution in [3.05, 3.63) is 23.3 Å². The number of carbonyl (C=O) groups excluding carboxylic acids is 4. The molecule has 28 heavy (non-hydrogen) atoms. The number of benzene rings is 1. The van der Waals surface area contributed by atoms with E-state index in [1.54, 1.807) is 0 Å². The van der Waals surface area contributed by atoms with Gasteiger partial charge < -0.3 is 20.1 Å². The topological polar surface area (TPSA) is 138 Å². The van der Waals surface area contributed by atoms with Crippen LogP contribution in [-0.2, 0) is 25.5 Å². The van der Waals surface area contributed by atoms with Gasteiger partial charge in [-0.1, -0.05) is 6.92 Å². The standard InChI is InChI=1S/C19H21FO8/c1-8-9(2)28-19(27)16-10(5-11(21)6-14(16)23)3-4-13(22)17(25)18(26)15(24)7-12(8)20/h5-6,8-9,12,15,21,23-24H,3-4,7H2,1-2H3/t8-,9+,12?,15?/m1/s1. The van der Waals surface area contributed by atoms with Gasteiger partial charge in [0.1, 0.15) is 35.4 Å². The second kappa shape index (κ2) is 8.47. The average molecular weight is 396 g/mol. The number of fused-ring (bicyclic) bond motifs is 1. The van der Waals surface area contributed by atoms with Crippen molar-refractivity contribution in [2.24, 2.45) is 5.92 Å². The number of rotatable bonds is 0. The van der Waals surface area contributed by atoms with Crippen molar-refractivity contribution in [3.8, 4) is 11.5 Å². The number of carbonyl (C=O) groups is 4. The second-order valence-corrected chi connectivity index (χ2v) is 6.85. The third-order valence-electron chi connectivity index (χ3n) is 4.84. The summed E-state index contributed by atoms with van der Waals surface area (Å²) in [5, 5.41) is 29.5. The molecular formula is C19H21FO8. The third-order valence-corrected chi connectivity index (χ3v) is 4.84. The fourth-order valence-electron chi connectivity index (χ4n) is 2.92. The van der Waals surface area contributed by atoms with E-state index in [-0.39, 0.29) is 23.3 Å². The maximum atomic E-state index is 14.4. The summed E-state index contributed by atoms with van der Waals surface area (Å²) in [5.74, 6) is -6.95. The van der Waals surface area contributed by atoms with E-state index in [0.717, 1.165) is 12.1 Å². The second-order valence-electron chi connectivity index (χ2n) is 6.85. The van der Waals surface area contributed by atoms with E-state index in [2.05, 4.69) is 0 Å². The number of Topliss-reactive ketones (excluding diaryl/α,β-unsaturated/α-hetero) is 3. The van der Waals surface area contributed by atoms with Crippen molar-refractivity contribution in [1.29, 1.82) is 0 Å². The summed E-state index contributed by atoms with van der Waals surface area (Å²) in [7, 11) is 0. The molecule has 3 N–H and O–H groups in total. The smallest absolute Gasteiger partial charge is 0.342 e. The maximum Gasteiger partial charge on any atom is 0.342 e. The van der Waals surface area contributed by atoms with E-state index in [9.17, 15) is 38.9 Å². The molecule has 0 spiro atoms. The number of alkyl halides is 1. The van der Waals surface area contributed by atoms with E-state index in [1.807, 2.05) is 0 Å². The largest absolute Gasteiger partial charge is 0.508 e. The highest BCUT2D eigenvalue weighted by Gasteiger charge is 2.35. The molecule has 0 radical (unpaired) electrons. The van der Waals surface area contributed by atoms with Gasteiger partial charge in [0.25, 0.3) is 5.78 Å². The van der Waals surface area contributed by atoms with Gasteiger partial charge in [-0.3, -0.25) is 14.4 Å². The number of hydrogen-bond acceptors (Lipinski definition) is 8. The molecule has 0 saturated carbocycles. The average Bonchev–Trinajstić information content (AvgIpc) is 2.62. The highest BCUT2D eigenvalue weighted by molar-refractivity contribution is 6.64. The summed E-state index contributed by atoms with van der Waals surface area (Å²) in [4.78, 5) is 48.3. The van der Waals surface area contributed by atoms with E-state index in [0.29, 0.717) is 0 Å². The molecule has 2 unspecified atom stereocenters. The summed E-state index contributed by atoms with van der Waals surface area (Å²) in [6.07, 6.45) is -6.29. The van der Waals surface area contributed by atoms with Crippen LogP contribution in [0.5, 0.6) is 11.5 Å². The minimum Gasteiger partial charge on any atom is -0.508 e. The predicted octanol–water partition coefficient (Wildman–Crippen LogP) is 1.02. The number of aryl methyl sites for hydroxylation is 1. The molecule has 152 valence electrons. The van der Waals surface area contributed by atoms with Crippen LogP contribution < -0.4 is 0 Å². The first-order valence-electron chi connectivity index (χ1n) is 8.72. The quantitative estimate of drug-likeness (QED) is 0.436. The number of ketones is 3. The molecule has 9 heteroatoms. The van der Waals surface area contributed by atoms with E-state index < -0.39 is 66.2 Å². The van der Waals surface area contributed by atoms with Crippen molar-refractivity contribution in [2.45, 2.75) is 51.5 Å². The number of aromatic hydroxyl groups is 2. The monoisotopic (exact) mass is 396 g/mol. The minimum atomic E-state index is -1.99. The molecule has 0 saturated heterocycles. The molecule has 1 aromatic carbocycles. The van der Waals surface area contributed by atoms with Gasteiger partial charge in [0.05, 0.1) is 0 Å². The Labute approximate surface area is 159 Å². The number of hydrogen-bond donors (Lipinski definition) is 3. The van der Waals surface area contributed by atoms with Crippen LogP contribution in [0, 0.1) is 5.92 Å². The Bertz CT molecular complexity index is 818. The molecule has 0 aliphatic carbocycles. The highest BCUT2D eigenvalue weighted by Crippen LogP contribution is 2.30. The van der Waals surface area contributed by atoms with Crippen LogP contribution in [-0.4, -0.2) is 57.0 Å². The lowest BCUT2D eigenvalue weighted by atomic mass is 9.92. The molecule has 1 aromatic rings. The van der Waals surface area contributed by atoms with Crippen molar-refractivity contribution in [2.75, 3.05) is 0 Å². The number of aliphatic hydroxyl groups excluding tert-OH is 1. The van der Waals surface area contributed by atoms with Crippen molar-refractivity contribution >= 4 is 23.3 Å². The lowest BCUT2D eigenvalue weighted by Crippen LogP contribution is -2.38. The summed E-state index contributed by atoms with van der Waals surface area (Å²) >= 11 is 0. The normalized spacial score (nSPS) is 27.7. The first-order valence-corrected chi connectivity index (χ1v) is 8.72. The van der Waals surface area contributed by atoms with Gasteiger partial charge >= 0.3 is 5.97 Å². The lowest BCUT2D eigenvalue weighted by Gasteiger charge is -2.25. The van der Waals surface area contributed by atoms with Gasteiger partial charge in [-0.05, 0) is 25.0 Å². The van der Waals surface area contributed by atoms with E-state index >= 15 is 0 Å². The van der Waals surface area contributed by atoms with Crippen molar-refractivity contribution in [3.63, 3.8) is 0 Å². The van der Waals surface area contributed by atoms with Gasteiger partial charge in [-0.2, -0.15) is 0 Å². The minimum absolute atomic E-state index is 0.0189. The van der Waals surface area contributed by atoms with Crippen LogP contribution >= 0.6 is 0 Å². The van der Waals surface area contributed by atoms with Crippen LogP contribution in [0.1, 0.15) is 42.6 Å². The van der Waals surface area contributed by atoms with E-state index in [1.165, 1.54) is 13.8 Å². The number of aliphatic hydroxyl groups is 1. The number of halogens is 1. The Morgan fingerprint density at radius 3 is 2.36 bits per heavy atom. The first-order chi connectivity index (χ1) is 13.0. The van der Waals surface area contributed by atoms with Gasteiger partial charge in [-0.15, -0.1) is 0 Å². The van der Waals surface area contributed by atoms with E-state index in [4.69, 9.17) is 4.74 Å². The maximum absolute atomic E-state index is 14.4. The fourth-order valence-corrected chi connectivity index (χ4v) is 2.92. The van der Waals surface area contributed by atoms with Crippen LogP contribution in [0.4, 0.5) is 4.39 Å². The number of phenols is 2. The molecule has 2 rings (SSSR count). The van der Waals surface area contributed by atoms with Crippen molar-refractivity contribution < 1.29 is 43.6 Å². The van der Waals surface area contributed by atoms with Gasteiger partial charge in [0, 0.05) is 24.8 Å². The Morgan fingerprint density at radius 2 is 1.71 bits per heavy atom. The van der Waals surface area contributed by atoms with Crippen LogP contribution in [0.15, 0.2) is 12.1 Å². The molecule has 0 bridgehead atoms. The molecule has 0 fully saturated rings. The fraction of sp³-hybridized carbons (Fsp3) is 0.474. The summed E-state index contributed by atoms with van der Waals surface area (Å²) in [6, 6.07) is 2.02. The number of cyclic esters (lactones) is 1. The Hall–Kier alpha value is -2.81. The summed E-state index contributed by atoms with van der Waals surface area (Å²) in [6.45, 7) is 2.79. The number of ether oxygens (including phenoxy) is 1. The van der Waals surface area contributed by atoms with Crippen LogP contribution in [0.25, 0.3) is 0 Å². The number of esters is 1. The van der Waals surface area contributed by atoms with Gasteiger partial charge in [0.2, 0.25) is 11.6 Å².